The van der Waals surface area contributed by atoms with E-state index in [1.165, 1.54) is 17.1 Å². The lowest BCUT2D eigenvalue weighted by atomic mass is 10.2. The highest BCUT2D eigenvalue weighted by Crippen LogP contribution is 2.24. The van der Waals surface area contributed by atoms with E-state index in [2.05, 4.69) is 32.8 Å². The molecular weight excluding hydrogens is 338 g/mol. The van der Waals surface area contributed by atoms with E-state index in [4.69, 9.17) is 4.74 Å². The number of anilines is 1. The number of fused-ring (bicyclic) bond motifs is 1. The normalized spacial score (nSPS) is 12.6. The van der Waals surface area contributed by atoms with Crippen LogP contribution in [0.4, 0.5) is 5.69 Å². The summed E-state index contributed by atoms with van der Waals surface area (Å²) in [6.45, 7) is 3.90. The van der Waals surface area contributed by atoms with Gasteiger partial charge in [-0.1, -0.05) is 30.3 Å². The fraction of sp³-hybridized carbons (Fsp3) is 0.273. The van der Waals surface area contributed by atoms with Crippen molar-refractivity contribution in [3.8, 4) is 17.0 Å². The van der Waals surface area contributed by atoms with Crippen molar-refractivity contribution in [1.29, 1.82) is 0 Å². The highest BCUT2D eigenvalue weighted by molar-refractivity contribution is 5.89. The molecule has 2 aromatic carbocycles. The number of carbonyl (C=O) groups is 1. The van der Waals surface area contributed by atoms with Gasteiger partial charge in [0.15, 0.2) is 12.2 Å². The molecule has 1 amide bonds. The summed E-state index contributed by atoms with van der Waals surface area (Å²) in [6.07, 6.45) is 4.22. The molecule has 5 nitrogen and oxygen atoms in total. The van der Waals surface area contributed by atoms with Crippen LogP contribution in [-0.2, 0) is 24.3 Å². The largest absolute Gasteiger partial charge is 0.494 e. The molecule has 0 saturated carbocycles. The van der Waals surface area contributed by atoms with Crippen molar-refractivity contribution in [3.05, 3.63) is 66.6 Å². The number of benzene rings is 2. The summed E-state index contributed by atoms with van der Waals surface area (Å²) in [6, 6.07) is 17.8. The standard InChI is InChI=1S/C22H23N3O2/c1-2-27-19-12-10-18(11-13-19)23-21(26)16-24-15-20(17-7-4-3-5-8-17)25-14-6-9-22(24)25/h3-5,7-8,10-13,15H,2,6,9,14,16H2,1H3/p+1. The number of nitrogens with zero attached hydrogens (tertiary/aromatic N) is 2. The van der Waals surface area contributed by atoms with E-state index < -0.39 is 0 Å². The maximum atomic E-state index is 12.6. The third-order valence-electron chi connectivity index (χ3n) is 4.83. The number of hydrogen-bond acceptors (Lipinski definition) is 2. The summed E-state index contributed by atoms with van der Waals surface area (Å²) < 4.78 is 9.85. The molecule has 5 heteroatoms. The van der Waals surface area contributed by atoms with Gasteiger partial charge >= 0.3 is 0 Å². The molecule has 138 valence electrons. The van der Waals surface area contributed by atoms with Gasteiger partial charge in [-0.05, 0) is 37.6 Å². The molecule has 0 spiro atoms. The fourth-order valence-corrected chi connectivity index (χ4v) is 3.64. The molecule has 0 radical (unpaired) electrons. The first kappa shape index (κ1) is 17.3. The minimum Gasteiger partial charge on any atom is -0.494 e. The molecule has 3 aromatic rings. The number of aromatic nitrogens is 2. The van der Waals surface area contributed by atoms with Crippen molar-refractivity contribution in [2.75, 3.05) is 11.9 Å². The van der Waals surface area contributed by atoms with Crippen LogP contribution in [0.3, 0.4) is 0 Å². The molecule has 1 aromatic heterocycles. The van der Waals surface area contributed by atoms with Gasteiger partial charge in [0.25, 0.3) is 11.7 Å². The van der Waals surface area contributed by atoms with E-state index in [0.717, 1.165) is 30.8 Å². The molecule has 0 unspecified atom stereocenters. The Kier molecular flexibility index (Phi) is 4.92. The Bertz CT molecular complexity index is 930. The van der Waals surface area contributed by atoms with Crippen molar-refractivity contribution >= 4 is 11.6 Å². The highest BCUT2D eigenvalue weighted by Gasteiger charge is 2.29. The van der Waals surface area contributed by atoms with Gasteiger partial charge in [0, 0.05) is 11.3 Å². The average molecular weight is 362 g/mol. The van der Waals surface area contributed by atoms with E-state index in [1.54, 1.807) is 0 Å². The zero-order chi connectivity index (χ0) is 18.6. The maximum absolute atomic E-state index is 12.6. The zero-order valence-electron chi connectivity index (χ0n) is 15.5. The van der Waals surface area contributed by atoms with Crippen LogP contribution in [0.2, 0.25) is 0 Å². The van der Waals surface area contributed by atoms with Crippen molar-refractivity contribution in [2.45, 2.75) is 32.9 Å². The van der Waals surface area contributed by atoms with E-state index >= 15 is 0 Å². The Morgan fingerprint density at radius 3 is 2.67 bits per heavy atom. The summed E-state index contributed by atoms with van der Waals surface area (Å²) in [4.78, 5) is 12.6. The van der Waals surface area contributed by atoms with Crippen LogP contribution in [0, 0.1) is 0 Å². The Morgan fingerprint density at radius 2 is 1.93 bits per heavy atom. The van der Waals surface area contributed by atoms with Crippen LogP contribution < -0.4 is 14.6 Å². The first-order valence-corrected chi connectivity index (χ1v) is 9.44. The molecular formula is C22H24N3O2+. The summed E-state index contributed by atoms with van der Waals surface area (Å²) in [5.41, 5.74) is 3.14. The van der Waals surface area contributed by atoms with Crippen molar-refractivity contribution in [2.24, 2.45) is 0 Å². The summed E-state index contributed by atoms with van der Waals surface area (Å²) in [7, 11) is 0. The number of rotatable bonds is 6. The lowest BCUT2D eigenvalue weighted by Crippen LogP contribution is -2.42. The SMILES string of the molecule is CCOc1ccc(NC(=O)C[n+]2cc(-c3ccccc3)n3c2CCC3)cc1. The molecule has 0 fully saturated rings. The second-order valence-corrected chi connectivity index (χ2v) is 6.69. The van der Waals surface area contributed by atoms with E-state index in [0.29, 0.717) is 13.2 Å². The molecule has 4 rings (SSSR count). The van der Waals surface area contributed by atoms with Gasteiger partial charge in [-0.3, -0.25) is 4.79 Å². The van der Waals surface area contributed by atoms with Gasteiger partial charge in [0.05, 0.1) is 19.6 Å². The van der Waals surface area contributed by atoms with E-state index in [1.807, 2.05) is 49.4 Å². The second-order valence-electron chi connectivity index (χ2n) is 6.69. The zero-order valence-corrected chi connectivity index (χ0v) is 15.5. The molecule has 0 saturated heterocycles. The van der Waals surface area contributed by atoms with Gasteiger partial charge in [-0.2, -0.15) is 0 Å². The molecule has 0 bridgehead atoms. The van der Waals surface area contributed by atoms with Crippen molar-refractivity contribution in [1.82, 2.24) is 4.57 Å². The molecule has 2 heterocycles. The summed E-state index contributed by atoms with van der Waals surface area (Å²) in [5, 5.41) is 2.98. The van der Waals surface area contributed by atoms with Crippen LogP contribution >= 0.6 is 0 Å². The Balaban J connectivity index is 1.50. The Labute approximate surface area is 159 Å². The molecule has 0 aliphatic carbocycles. The predicted octanol–water partition coefficient (Wildman–Crippen LogP) is 3.43. The number of imidazole rings is 1. The highest BCUT2D eigenvalue weighted by atomic mass is 16.5. The maximum Gasteiger partial charge on any atom is 0.266 e. The Hall–Kier alpha value is -3.08. The number of carbonyl (C=O) groups excluding carboxylic acids is 1. The van der Waals surface area contributed by atoms with Crippen LogP contribution in [0.5, 0.6) is 5.75 Å². The Morgan fingerprint density at radius 1 is 1.15 bits per heavy atom. The summed E-state index contributed by atoms with van der Waals surface area (Å²) >= 11 is 0. The minimum absolute atomic E-state index is 0.0240. The summed E-state index contributed by atoms with van der Waals surface area (Å²) in [5.74, 6) is 2.00. The van der Waals surface area contributed by atoms with Gasteiger partial charge in [0.2, 0.25) is 0 Å². The van der Waals surface area contributed by atoms with Gasteiger partial charge in [-0.15, -0.1) is 0 Å². The smallest absolute Gasteiger partial charge is 0.266 e. The fourth-order valence-electron chi connectivity index (χ4n) is 3.64. The lowest BCUT2D eigenvalue weighted by molar-refractivity contribution is -0.690. The topological polar surface area (TPSA) is 47.1 Å². The van der Waals surface area contributed by atoms with Gasteiger partial charge in [0.1, 0.15) is 11.9 Å². The molecule has 1 aliphatic heterocycles. The van der Waals surface area contributed by atoms with Gasteiger partial charge in [-0.25, -0.2) is 9.13 Å². The van der Waals surface area contributed by atoms with Crippen LogP contribution in [0.25, 0.3) is 11.3 Å². The van der Waals surface area contributed by atoms with Crippen LogP contribution in [0.1, 0.15) is 19.2 Å². The van der Waals surface area contributed by atoms with Crippen molar-refractivity contribution < 1.29 is 14.1 Å². The van der Waals surface area contributed by atoms with Gasteiger partial charge < -0.3 is 10.1 Å². The monoisotopic (exact) mass is 362 g/mol. The van der Waals surface area contributed by atoms with E-state index in [-0.39, 0.29) is 5.91 Å². The molecule has 27 heavy (non-hydrogen) atoms. The predicted molar refractivity (Wildman–Crippen MR) is 105 cm³/mol. The molecule has 0 atom stereocenters. The minimum atomic E-state index is -0.0240. The van der Waals surface area contributed by atoms with Crippen molar-refractivity contribution in [3.63, 3.8) is 0 Å². The third kappa shape index (κ3) is 3.72. The van der Waals surface area contributed by atoms with E-state index in [9.17, 15) is 4.79 Å². The van der Waals surface area contributed by atoms with Crippen LogP contribution in [0.15, 0.2) is 60.8 Å². The number of hydrogen-bond donors (Lipinski definition) is 1. The number of nitrogens with one attached hydrogen (secondary N) is 1. The van der Waals surface area contributed by atoms with Crippen LogP contribution in [-0.4, -0.2) is 17.1 Å². The number of ether oxygens (including phenoxy) is 1. The first-order valence-electron chi connectivity index (χ1n) is 9.44. The lowest BCUT2D eigenvalue weighted by Gasteiger charge is -2.06. The third-order valence-corrected chi connectivity index (χ3v) is 4.83. The molecule has 1 aliphatic rings. The second kappa shape index (κ2) is 7.66. The average Bonchev–Trinajstić information content (AvgIpc) is 3.28. The number of amides is 1. The quantitative estimate of drug-likeness (QED) is 0.683. The first-order chi connectivity index (χ1) is 13.2. The molecule has 1 N–H and O–H groups in total.